The first-order chi connectivity index (χ1) is 12.9. The molecule has 0 saturated carbocycles. The standard InChI is InChI=1S/C22H17N3S/c1-4-10-17(11-5-1)16-23-25-22-24-20(18-12-6-2-7-13-18)21(26-22)19-14-8-3-9-15-19/h1-16H,(H,24,25)/b23-16+. The molecule has 0 aliphatic rings. The van der Waals surface area contributed by atoms with Gasteiger partial charge in [-0.15, -0.1) is 0 Å². The van der Waals surface area contributed by atoms with Gasteiger partial charge < -0.3 is 0 Å². The summed E-state index contributed by atoms with van der Waals surface area (Å²) in [5.74, 6) is 0. The average molecular weight is 355 g/mol. The number of aromatic nitrogens is 1. The van der Waals surface area contributed by atoms with E-state index in [1.54, 1.807) is 17.6 Å². The molecule has 0 aliphatic heterocycles. The maximum Gasteiger partial charge on any atom is 0.204 e. The number of rotatable bonds is 5. The summed E-state index contributed by atoms with van der Waals surface area (Å²) in [6.07, 6.45) is 1.80. The van der Waals surface area contributed by atoms with Gasteiger partial charge in [0.1, 0.15) is 0 Å². The van der Waals surface area contributed by atoms with Gasteiger partial charge in [-0.05, 0) is 11.1 Å². The first kappa shape index (κ1) is 16.2. The zero-order valence-corrected chi connectivity index (χ0v) is 14.9. The Hall–Kier alpha value is -3.24. The molecule has 0 unspecified atom stereocenters. The highest BCUT2D eigenvalue weighted by molar-refractivity contribution is 7.19. The highest BCUT2D eigenvalue weighted by Crippen LogP contribution is 2.38. The van der Waals surface area contributed by atoms with Gasteiger partial charge in [0.15, 0.2) is 0 Å². The van der Waals surface area contributed by atoms with Crippen LogP contribution in [0.2, 0.25) is 0 Å². The topological polar surface area (TPSA) is 37.3 Å². The number of hydrogen-bond acceptors (Lipinski definition) is 4. The van der Waals surface area contributed by atoms with E-state index >= 15 is 0 Å². The van der Waals surface area contributed by atoms with Crippen molar-refractivity contribution in [2.75, 3.05) is 5.43 Å². The summed E-state index contributed by atoms with van der Waals surface area (Å²) < 4.78 is 0. The predicted octanol–water partition coefficient (Wildman–Crippen LogP) is 5.92. The molecule has 3 aromatic carbocycles. The van der Waals surface area contributed by atoms with E-state index < -0.39 is 0 Å². The molecule has 1 heterocycles. The number of nitrogens with zero attached hydrogens (tertiary/aromatic N) is 2. The van der Waals surface area contributed by atoms with Crippen molar-refractivity contribution in [3.8, 4) is 21.7 Å². The molecule has 26 heavy (non-hydrogen) atoms. The van der Waals surface area contributed by atoms with E-state index in [2.05, 4.69) is 34.8 Å². The largest absolute Gasteiger partial charge is 0.253 e. The summed E-state index contributed by atoms with van der Waals surface area (Å²) >= 11 is 1.61. The third-order valence-corrected chi connectivity index (χ3v) is 4.89. The van der Waals surface area contributed by atoms with Crippen LogP contribution in [0.3, 0.4) is 0 Å². The van der Waals surface area contributed by atoms with Crippen LogP contribution in [-0.2, 0) is 0 Å². The summed E-state index contributed by atoms with van der Waals surface area (Å²) in [5, 5.41) is 5.10. The second-order valence-corrected chi connectivity index (χ2v) is 6.71. The predicted molar refractivity (Wildman–Crippen MR) is 111 cm³/mol. The number of thiazole rings is 1. The van der Waals surface area contributed by atoms with Crippen molar-refractivity contribution in [3.63, 3.8) is 0 Å². The Morgan fingerprint density at radius 1 is 0.731 bits per heavy atom. The van der Waals surface area contributed by atoms with E-state index in [0.29, 0.717) is 0 Å². The minimum atomic E-state index is 0.773. The molecule has 0 spiro atoms. The maximum atomic E-state index is 4.78. The van der Waals surface area contributed by atoms with Crippen LogP contribution in [0.1, 0.15) is 5.56 Å². The van der Waals surface area contributed by atoms with E-state index in [1.165, 1.54) is 0 Å². The number of nitrogens with one attached hydrogen (secondary N) is 1. The third-order valence-electron chi connectivity index (χ3n) is 3.88. The van der Waals surface area contributed by atoms with Crippen LogP contribution in [0.5, 0.6) is 0 Å². The monoisotopic (exact) mass is 355 g/mol. The van der Waals surface area contributed by atoms with Gasteiger partial charge in [-0.2, -0.15) is 5.10 Å². The lowest BCUT2D eigenvalue weighted by Crippen LogP contribution is -1.89. The van der Waals surface area contributed by atoms with Gasteiger partial charge in [-0.25, -0.2) is 4.98 Å². The molecular formula is C22H17N3S. The Labute approximate surface area is 156 Å². The quantitative estimate of drug-likeness (QED) is 0.356. The fourth-order valence-electron chi connectivity index (χ4n) is 2.65. The van der Waals surface area contributed by atoms with Crippen molar-refractivity contribution in [3.05, 3.63) is 96.6 Å². The molecule has 0 radical (unpaired) electrons. The second-order valence-electron chi connectivity index (χ2n) is 5.71. The fraction of sp³-hybridized carbons (Fsp3) is 0. The minimum absolute atomic E-state index is 0.773. The molecule has 0 amide bonds. The molecular weight excluding hydrogens is 338 g/mol. The lowest BCUT2D eigenvalue weighted by atomic mass is 10.1. The first-order valence-electron chi connectivity index (χ1n) is 8.36. The van der Waals surface area contributed by atoms with Crippen LogP contribution < -0.4 is 5.43 Å². The Balaban J connectivity index is 1.66. The fourth-order valence-corrected chi connectivity index (χ4v) is 3.59. The SMILES string of the molecule is C(=N\Nc1nc(-c2ccccc2)c(-c2ccccc2)s1)/c1ccccc1. The molecule has 0 bridgehead atoms. The van der Waals surface area contributed by atoms with E-state index in [4.69, 9.17) is 4.98 Å². The molecule has 0 atom stereocenters. The van der Waals surface area contributed by atoms with Crippen molar-refractivity contribution in [1.82, 2.24) is 4.98 Å². The minimum Gasteiger partial charge on any atom is -0.253 e. The number of hydrazone groups is 1. The van der Waals surface area contributed by atoms with Crippen molar-refractivity contribution in [2.24, 2.45) is 5.10 Å². The van der Waals surface area contributed by atoms with Crippen molar-refractivity contribution >= 4 is 22.7 Å². The summed E-state index contributed by atoms with van der Waals surface area (Å²) in [5.41, 5.74) is 7.34. The van der Waals surface area contributed by atoms with Crippen molar-refractivity contribution < 1.29 is 0 Å². The zero-order chi connectivity index (χ0) is 17.6. The van der Waals surface area contributed by atoms with E-state index in [9.17, 15) is 0 Å². The van der Waals surface area contributed by atoms with Crippen LogP contribution in [0, 0.1) is 0 Å². The smallest absolute Gasteiger partial charge is 0.204 e. The molecule has 126 valence electrons. The third kappa shape index (κ3) is 3.71. The van der Waals surface area contributed by atoms with Crippen molar-refractivity contribution in [1.29, 1.82) is 0 Å². The number of benzene rings is 3. The second kappa shape index (κ2) is 7.76. The summed E-state index contributed by atoms with van der Waals surface area (Å²) in [4.78, 5) is 5.92. The normalized spacial score (nSPS) is 10.9. The van der Waals surface area contributed by atoms with Crippen LogP contribution in [0.25, 0.3) is 21.7 Å². The van der Waals surface area contributed by atoms with Gasteiger partial charge in [0.05, 0.1) is 16.8 Å². The number of anilines is 1. The van der Waals surface area contributed by atoms with Crippen LogP contribution in [0.4, 0.5) is 5.13 Å². The Morgan fingerprint density at radius 2 is 1.31 bits per heavy atom. The van der Waals surface area contributed by atoms with Crippen LogP contribution >= 0.6 is 11.3 Å². The summed E-state index contributed by atoms with van der Waals surface area (Å²) in [7, 11) is 0. The van der Waals surface area contributed by atoms with E-state index in [0.717, 1.165) is 32.4 Å². The highest BCUT2D eigenvalue weighted by Gasteiger charge is 2.14. The number of hydrogen-bond donors (Lipinski definition) is 1. The zero-order valence-electron chi connectivity index (χ0n) is 14.0. The van der Waals surface area contributed by atoms with E-state index in [1.807, 2.05) is 66.7 Å². The maximum absolute atomic E-state index is 4.78. The summed E-state index contributed by atoms with van der Waals surface area (Å²) in [6, 6.07) is 30.6. The first-order valence-corrected chi connectivity index (χ1v) is 9.17. The van der Waals surface area contributed by atoms with Gasteiger partial charge in [-0.1, -0.05) is 102 Å². The van der Waals surface area contributed by atoms with Gasteiger partial charge >= 0.3 is 0 Å². The molecule has 4 aromatic rings. The molecule has 1 N–H and O–H groups in total. The summed E-state index contributed by atoms with van der Waals surface area (Å²) in [6.45, 7) is 0. The van der Waals surface area contributed by atoms with Gasteiger partial charge in [0.25, 0.3) is 0 Å². The lowest BCUT2D eigenvalue weighted by molar-refractivity contribution is 1.29. The molecule has 3 nitrogen and oxygen atoms in total. The van der Waals surface area contributed by atoms with Crippen molar-refractivity contribution in [2.45, 2.75) is 0 Å². The lowest BCUT2D eigenvalue weighted by Gasteiger charge is -2.02. The Morgan fingerprint density at radius 3 is 1.96 bits per heavy atom. The molecule has 1 aromatic heterocycles. The average Bonchev–Trinajstić information content (AvgIpc) is 3.14. The van der Waals surface area contributed by atoms with Gasteiger partial charge in [-0.3, -0.25) is 5.43 Å². The highest BCUT2D eigenvalue weighted by atomic mass is 32.1. The molecule has 4 heteroatoms. The molecule has 0 saturated heterocycles. The van der Waals surface area contributed by atoms with Gasteiger partial charge in [0, 0.05) is 5.56 Å². The van der Waals surface area contributed by atoms with E-state index in [-0.39, 0.29) is 0 Å². The Bertz CT molecular complexity index is 937. The Kier molecular flexibility index (Phi) is 4.85. The van der Waals surface area contributed by atoms with Crippen LogP contribution in [-0.4, -0.2) is 11.2 Å². The molecule has 0 aliphatic carbocycles. The molecule has 4 rings (SSSR count). The van der Waals surface area contributed by atoms with Crippen LogP contribution in [0.15, 0.2) is 96.1 Å². The van der Waals surface area contributed by atoms with Gasteiger partial charge in [0.2, 0.25) is 5.13 Å². The molecule has 0 fully saturated rings.